The van der Waals surface area contributed by atoms with E-state index in [9.17, 15) is 4.79 Å². The number of fused-ring (bicyclic) bond motifs is 4. The van der Waals surface area contributed by atoms with Crippen molar-refractivity contribution in [1.82, 2.24) is 15.3 Å². The molecule has 27 heavy (non-hydrogen) atoms. The largest absolute Gasteiger partial charge is 1.00 e. The Balaban J connectivity index is 0.000000395. The van der Waals surface area contributed by atoms with E-state index in [1.165, 1.54) is 32.0 Å². The van der Waals surface area contributed by atoms with Crippen LogP contribution in [0.3, 0.4) is 0 Å². The van der Waals surface area contributed by atoms with Gasteiger partial charge in [-0.15, -0.1) is 0 Å². The number of carbonyl (C=O) groups is 1. The van der Waals surface area contributed by atoms with E-state index in [-0.39, 0.29) is 35.7 Å². The summed E-state index contributed by atoms with van der Waals surface area (Å²) in [5.41, 5.74) is 0.260. The highest BCUT2D eigenvalue weighted by molar-refractivity contribution is 6.58. The summed E-state index contributed by atoms with van der Waals surface area (Å²) < 4.78 is 0. The first-order valence-electron chi connectivity index (χ1n) is 9.55. The number of amides is 1. The molecule has 2 unspecified atom stereocenters. The molecule has 8 nitrogen and oxygen atoms in total. The lowest BCUT2D eigenvalue weighted by atomic mass is 9.83. The number of aromatic nitrogens is 2. The molecule has 0 saturated carbocycles. The number of piperidine rings is 1. The van der Waals surface area contributed by atoms with E-state index in [0.717, 1.165) is 12.8 Å². The van der Waals surface area contributed by atoms with Gasteiger partial charge in [-0.2, -0.15) is 0 Å². The van der Waals surface area contributed by atoms with Crippen LogP contribution in [0.4, 0.5) is 5.95 Å². The van der Waals surface area contributed by atoms with E-state index in [4.69, 9.17) is 10.0 Å². The fourth-order valence-corrected chi connectivity index (χ4v) is 3.38. The van der Waals surface area contributed by atoms with E-state index >= 15 is 0 Å². The molecule has 3 aliphatic heterocycles. The highest BCUT2D eigenvalue weighted by atomic mass is 35.5. The Morgan fingerprint density at radius 1 is 1.15 bits per heavy atom. The molecule has 0 spiro atoms. The lowest BCUT2D eigenvalue weighted by molar-refractivity contribution is -0.894. The van der Waals surface area contributed by atoms with Crippen LogP contribution in [-0.4, -0.2) is 71.8 Å². The normalized spacial score (nSPS) is 21.0. The second-order valence-corrected chi connectivity index (χ2v) is 6.89. The topological polar surface area (TPSA) is 103 Å². The summed E-state index contributed by atoms with van der Waals surface area (Å²) in [7, 11) is -1.56. The van der Waals surface area contributed by atoms with Crippen LogP contribution in [0.1, 0.15) is 33.6 Å². The van der Waals surface area contributed by atoms with Gasteiger partial charge in [0.1, 0.15) is 0 Å². The van der Waals surface area contributed by atoms with Gasteiger partial charge in [0.25, 0.3) is 0 Å². The van der Waals surface area contributed by atoms with Gasteiger partial charge in [0, 0.05) is 37.0 Å². The van der Waals surface area contributed by atoms with Crippen molar-refractivity contribution in [2.45, 2.75) is 39.7 Å². The van der Waals surface area contributed by atoms with Crippen molar-refractivity contribution >= 4 is 24.4 Å². The fraction of sp³-hybridized carbons (Fsp3) is 0.706. The number of nitrogens with zero attached hydrogens (tertiary/aromatic N) is 3. The molecule has 4 rings (SSSR count). The number of carbonyl (C=O) groups excluding carboxylic acids is 1. The minimum atomic E-state index is -1.56. The first-order valence-corrected chi connectivity index (χ1v) is 9.55. The molecule has 4 N–H and O–H groups in total. The van der Waals surface area contributed by atoms with Gasteiger partial charge in [-0.05, 0) is 33.6 Å². The summed E-state index contributed by atoms with van der Waals surface area (Å²) >= 11 is 0. The minimum Gasteiger partial charge on any atom is -1.00 e. The third kappa shape index (κ3) is 6.60. The van der Waals surface area contributed by atoms with Gasteiger partial charge in [-0.3, -0.25) is 4.79 Å². The standard InChI is InChI=1S/C11H15BN4O3.C6H15N.ClH/c17-10-7-1-2-9(15-10)6-16(5-7)11-13-3-8(4-14-11)12(18)19;1-4-7(5-2)6-3;/h3-4,7,9,18-19H,1-2,5-6H2,(H,15,17);4-6H2,1-3H3;1H. The molecule has 2 atom stereocenters. The van der Waals surface area contributed by atoms with E-state index in [2.05, 4.69) is 36.1 Å². The van der Waals surface area contributed by atoms with Gasteiger partial charge in [0.2, 0.25) is 11.9 Å². The number of anilines is 1. The number of hydrogen-bond acceptors (Lipinski definition) is 6. The molecule has 1 aromatic heterocycles. The molecular formula is C17H31BClN5O3. The smallest absolute Gasteiger partial charge is 0.491 e. The molecule has 0 radical (unpaired) electrons. The summed E-state index contributed by atoms with van der Waals surface area (Å²) in [6.07, 6.45) is 4.69. The zero-order valence-corrected chi connectivity index (χ0v) is 17.1. The summed E-state index contributed by atoms with van der Waals surface area (Å²) in [6, 6.07) is 0.151. The lowest BCUT2D eigenvalue weighted by Gasteiger charge is -2.22. The highest BCUT2D eigenvalue weighted by Crippen LogP contribution is 2.24. The Bertz CT molecular complexity index is 569. The van der Waals surface area contributed by atoms with E-state index in [1.54, 1.807) is 4.90 Å². The second-order valence-electron chi connectivity index (χ2n) is 6.89. The van der Waals surface area contributed by atoms with Crippen molar-refractivity contribution in [3.8, 4) is 0 Å². The van der Waals surface area contributed by atoms with Crippen LogP contribution < -0.4 is 33.0 Å². The van der Waals surface area contributed by atoms with Gasteiger partial charge in [-0.25, -0.2) is 9.97 Å². The monoisotopic (exact) mass is 399 g/mol. The number of quaternary nitrogens is 1. The fourth-order valence-electron chi connectivity index (χ4n) is 3.38. The van der Waals surface area contributed by atoms with Crippen molar-refractivity contribution < 1.29 is 32.1 Å². The predicted octanol–water partition coefficient (Wildman–Crippen LogP) is -5.19. The van der Waals surface area contributed by atoms with Gasteiger partial charge in [0.15, 0.2) is 0 Å². The summed E-state index contributed by atoms with van der Waals surface area (Å²) in [4.78, 5) is 23.7. The first-order chi connectivity index (χ1) is 12.5. The van der Waals surface area contributed by atoms with Crippen molar-refractivity contribution in [2.24, 2.45) is 5.92 Å². The molecule has 1 aromatic rings. The van der Waals surface area contributed by atoms with Crippen molar-refractivity contribution in [3.05, 3.63) is 12.4 Å². The molecule has 4 heterocycles. The number of halogens is 1. The SMILES string of the molecule is CC[NH+](CC)CC.O=C1NC2CCC1CN(c1ncc(B(O)O)cn1)C2.[Cl-]. The highest BCUT2D eigenvalue weighted by Gasteiger charge is 2.35. The lowest BCUT2D eigenvalue weighted by Crippen LogP contribution is -3.11. The molecular weight excluding hydrogens is 368 g/mol. The quantitative estimate of drug-likeness (QED) is 0.369. The van der Waals surface area contributed by atoms with Gasteiger partial charge in [-0.1, -0.05) is 0 Å². The summed E-state index contributed by atoms with van der Waals surface area (Å²) in [5, 5.41) is 21.0. The van der Waals surface area contributed by atoms with Crippen molar-refractivity contribution in [2.75, 3.05) is 37.6 Å². The average molecular weight is 400 g/mol. The minimum absolute atomic E-state index is 0. The van der Waals surface area contributed by atoms with Crippen molar-refractivity contribution in [3.63, 3.8) is 0 Å². The maximum Gasteiger partial charge on any atom is 0.491 e. The molecule has 152 valence electrons. The van der Waals surface area contributed by atoms with E-state index in [0.29, 0.717) is 19.0 Å². The van der Waals surface area contributed by atoms with Crippen LogP contribution in [0.5, 0.6) is 0 Å². The first kappa shape index (κ1) is 23.6. The number of nitrogens with one attached hydrogen (secondary N) is 2. The Hall–Kier alpha value is -1.42. The maximum absolute atomic E-state index is 11.8. The van der Waals surface area contributed by atoms with Crippen LogP contribution in [0.2, 0.25) is 0 Å². The van der Waals surface area contributed by atoms with E-state index < -0.39 is 7.12 Å². The Morgan fingerprint density at radius 3 is 2.19 bits per heavy atom. The van der Waals surface area contributed by atoms with E-state index in [1.807, 2.05) is 4.90 Å². The molecule has 3 fully saturated rings. The average Bonchev–Trinajstić information content (AvgIpc) is 2.95. The van der Waals surface area contributed by atoms with Crippen LogP contribution in [-0.2, 0) is 4.79 Å². The molecule has 0 aliphatic carbocycles. The Labute approximate surface area is 167 Å². The third-order valence-corrected chi connectivity index (χ3v) is 5.20. The third-order valence-electron chi connectivity index (χ3n) is 5.20. The van der Waals surface area contributed by atoms with Crippen LogP contribution >= 0.6 is 0 Å². The van der Waals surface area contributed by atoms with Crippen molar-refractivity contribution in [1.29, 1.82) is 0 Å². The molecule has 3 aliphatic rings. The van der Waals surface area contributed by atoms with Crippen LogP contribution in [0.25, 0.3) is 0 Å². The second kappa shape index (κ2) is 11.4. The Kier molecular flexibility index (Phi) is 10.0. The maximum atomic E-state index is 11.8. The number of hydrogen-bond donors (Lipinski definition) is 4. The van der Waals surface area contributed by atoms with Crippen LogP contribution in [0, 0.1) is 5.92 Å². The number of rotatable bonds is 5. The zero-order chi connectivity index (χ0) is 19.1. The summed E-state index contributed by atoms with van der Waals surface area (Å²) in [5.74, 6) is 0.629. The van der Waals surface area contributed by atoms with Crippen LogP contribution in [0.15, 0.2) is 12.4 Å². The molecule has 10 heteroatoms. The summed E-state index contributed by atoms with van der Waals surface area (Å²) in [6.45, 7) is 11.8. The molecule has 3 saturated heterocycles. The Morgan fingerprint density at radius 2 is 1.74 bits per heavy atom. The molecule has 0 aromatic carbocycles. The van der Waals surface area contributed by atoms with Gasteiger partial charge < -0.3 is 37.6 Å². The van der Waals surface area contributed by atoms with Gasteiger partial charge in [0.05, 0.1) is 25.6 Å². The molecule has 1 amide bonds. The molecule has 2 bridgehead atoms. The van der Waals surface area contributed by atoms with Gasteiger partial charge >= 0.3 is 7.12 Å². The predicted molar refractivity (Wildman–Crippen MR) is 101 cm³/mol. The zero-order valence-electron chi connectivity index (χ0n) is 16.4.